The predicted molar refractivity (Wildman–Crippen MR) is 71.2 cm³/mol. The average molecular weight is 267 g/mol. The molecular formula is C14H21NO4. The van der Waals surface area contributed by atoms with Crippen LogP contribution in [-0.4, -0.2) is 29.6 Å². The largest absolute Gasteiger partial charge is 0.469 e. The molecule has 1 heterocycles. The van der Waals surface area contributed by atoms with Gasteiger partial charge in [0, 0.05) is 5.69 Å². The number of methoxy groups -OCH3 is 1. The lowest BCUT2D eigenvalue weighted by atomic mass is 10.1. The van der Waals surface area contributed by atoms with E-state index in [-0.39, 0.29) is 12.4 Å². The zero-order valence-corrected chi connectivity index (χ0v) is 12.3. The molecule has 0 aromatic carbocycles. The first-order valence-electron chi connectivity index (χ1n) is 6.14. The molecule has 0 atom stereocenters. The highest BCUT2D eigenvalue weighted by Crippen LogP contribution is 2.21. The van der Waals surface area contributed by atoms with E-state index in [0.717, 1.165) is 16.8 Å². The monoisotopic (exact) mass is 267 g/mol. The molecule has 0 bridgehead atoms. The lowest BCUT2D eigenvalue weighted by molar-refractivity contribution is -0.139. The van der Waals surface area contributed by atoms with Gasteiger partial charge in [0.05, 0.1) is 13.5 Å². The maximum atomic E-state index is 12.0. The fourth-order valence-electron chi connectivity index (χ4n) is 1.80. The number of carbonyl (C=O) groups is 2. The van der Waals surface area contributed by atoms with Crippen LogP contribution in [0.4, 0.5) is 0 Å². The molecule has 106 valence electrons. The van der Waals surface area contributed by atoms with Gasteiger partial charge < -0.3 is 14.5 Å². The number of hydrogen-bond acceptors (Lipinski definition) is 4. The summed E-state index contributed by atoms with van der Waals surface area (Å²) in [6.45, 7) is 9.04. The second-order valence-corrected chi connectivity index (χ2v) is 5.48. The lowest BCUT2D eigenvalue weighted by Crippen LogP contribution is -2.24. The number of aryl methyl sites for hydroxylation is 1. The van der Waals surface area contributed by atoms with Crippen molar-refractivity contribution in [1.29, 1.82) is 0 Å². The van der Waals surface area contributed by atoms with Gasteiger partial charge in [-0.2, -0.15) is 0 Å². The second kappa shape index (κ2) is 5.47. The van der Waals surface area contributed by atoms with Crippen molar-refractivity contribution < 1.29 is 19.1 Å². The molecule has 0 saturated heterocycles. The third-order valence-electron chi connectivity index (χ3n) is 2.74. The second-order valence-electron chi connectivity index (χ2n) is 5.48. The summed E-state index contributed by atoms with van der Waals surface area (Å²) in [6.07, 6.45) is 0.146. The molecule has 1 aromatic rings. The van der Waals surface area contributed by atoms with Crippen molar-refractivity contribution in [3.05, 3.63) is 22.5 Å². The van der Waals surface area contributed by atoms with E-state index in [2.05, 4.69) is 9.72 Å². The summed E-state index contributed by atoms with van der Waals surface area (Å²) in [6, 6.07) is 0. The SMILES string of the molecule is COC(=O)Cc1c(C)[nH]c(C(=O)OC(C)(C)C)c1C. The standard InChI is InChI=1S/C14H21NO4/c1-8-10(7-11(16)18-6)9(2)15-12(8)13(17)19-14(3,4)5/h15H,7H2,1-6H3. The van der Waals surface area contributed by atoms with E-state index >= 15 is 0 Å². The summed E-state index contributed by atoms with van der Waals surface area (Å²) in [5.74, 6) is -0.745. The van der Waals surface area contributed by atoms with Crippen LogP contribution in [-0.2, 0) is 20.7 Å². The average Bonchev–Trinajstić information content (AvgIpc) is 2.54. The van der Waals surface area contributed by atoms with Crippen molar-refractivity contribution in [2.75, 3.05) is 7.11 Å². The summed E-state index contributed by atoms with van der Waals surface area (Å²) < 4.78 is 9.96. The van der Waals surface area contributed by atoms with Crippen molar-refractivity contribution in [2.24, 2.45) is 0 Å². The van der Waals surface area contributed by atoms with Gasteiger partial charge in [0.2, 0.25) is 0 Å². The summed E-state index contributed by atoms with van der Waals surface area (Å²) in [5, 5.41) is 0. The van der Waals surface area contributed by atoms with E-state index in [1.165, 1.54) is 7.11 Å². The molecule has 0 aliphatic carbocycles. The molecule has 5 heteroatoms. The van der Waals surface area contributed by atoms with Gasteiger partial charge in [-0.3, -0.25) is 4.79 Å². The van der Waals surface area contributed by atoms with Crippen molar-refractivity contribution in [3.8, 4) is 0 Å². The molecule has 19 heavy (non-hydrogen) atoms. The van der Waals surface area contributed by atoms with Crippen molar-refractivity contribution in [1.82, 2.24) is 4.98 Å². The summed E-state index contributed by atoms with van der Waals surface area (Å²) in [7, 11) is 1.34. The number of nitrogens with one attached hydrogen (secondary N) is 1. The van der Waals surface area contributed by atoms with Crippen LogP contribution in [0.25, 0.3) is 0 Å². The molecule has 0 aliphatic rings. The van der Waals surface area contributed by atoms with Crippen LogP contribution in [0.3, 0.4) is 0 Å². The van der Waals surface area contributed by atoms with Crippen LogP contribution < -0.4 is 0 Å². The molecule has 1 rings (SSSR count). The van der Waals surface area contributed by atoms with E-state index in [1.807, 2.05) is 27.7 Å². The first-order chi connectivity index (χ1) is 8.65. The van der Waals surface area contributed by atoms with Crippen LogP contribution in [0.5, 0.6) is 0 Å². The fourth-order valence-corrected chi connectivity index (χ4v) is 1.80. The zero-order valence-electron chi connectivity index (χ0n) is 12.3. The Kier molecular flexibility index (Phi) is 4.39. The van der Waals surface area contributed by atoms with Gasteiger partial charge in [-0.15, -0.1) is 0 Å². The Labute approximate surface area is 113 Å². The molecule has 5 nitrogen and oxygen atoms in total. The Morgan fingerprint density at radius 1 is 1.21 bits per heavy atom. The number of aromatic nitrogens is 1. The van der Waals surface area contributed by atoms with Gasteiger partial charge in [-0.1, -0.05) is 0 Å². The van der Waals surface area contributed by atoms with Crippen LogP contribution in [0.15, 0.2) is 0 Å². The van der Waals surface area contributed by atoms with Gasteiger partial charge in [0.1, 0.15) is 11.3 Å². The molecule has 0 fully saturated rings. The minimum absolute atomic E-state index is 0.146. The van der Waals surface area contributed by atoms with E-state index in [0.29, 0.717) is 5.69 Å². The smallest absolute Gasteiger partial charge is 0.355 e. The summed E-state index contributed by atoms with van der Waals surface area (Å²) in [5.41, 5.74) is 2.14. The predicted octanol–water partition coefficient (Wildman–Crippen LogP) is 2.30. The highest BCUT2D eigenvalue weighted by Gasteiger charge is 2.24. The zero-order chi connectivity index (χ0) is 14.8. The Morgan fingerprint density at radius 2 is 1.79 bits per heavy atom. The van der Waals surface area contributed by atoms with Gasteiger partial charge in [0.25, 0.3) is 0 Å². The first kappa shape index (κ1) is 15.3. The van der Waals surface area contributed by atoms with E-state index in [4.69, 9.17) is 4.74 Å². The molecule has 0 amide bonds. The van der Waals surface area contributed by atoms with Gasteiger partial charge in [-0.05, 0) is 45.7 Å². The van der Waals surface area contributed by atoms with Crippen molar-refractivity contribution in [3.63, 3.8) is 0 Å². The lowest BCUT2D eigenvalue weighted by Gasteiger charge is -2.19. The molecule has 0 unspecified atom stereocenters. The number of esters is 2. The minimum atomic E-state index is -0.551. The number of ether oxygens (including phenoxy) is 2. The number of H-pyrrole nitrogens is 1. The first-order valence-corrected chi connectivity index (χ1v) is 6.14. The maximum Gasteiger partial charge on any atom is 0.355 e. The molecule has 0 saturated carbocycles. The molecule has 0 aliphatic heterocycles. The molecule has 0 radical (unpaired) electrons. The topological polar surface area (TPSA) is 68.4 Å². The fraction of sp³-hybridized carbons (Fsp3) is 0.571. The van der Waals surface area contributed by atoms with Crippen LogP contribution >= 0.6 is 0 Å². The van der Waals surface area contributed by atoms with Gasteiger partial charge in [-0.25, -0.2) is 4.79 Å². The third kappa shape index (κ3) is 3.84. The third-order valence-corrected chi connectivity index (χ3v) is 2.74. The Bertz CT molecular complexity index is 494. The summed E-state index contributed by atoms with van der Waals surface area (Å²) >= 11 is 0. The van der Waals surface area contributed by atoms with Crippen LogP contribution in [0.2, 0.25) is 0 Å². The normalized spacial score (nSPS) is 11.3. The van der Waals surface area contributed by atoms with Crippen molar-refractivity contribution >= 4 is 11.9 Å². The highest BCUT2D eigenvalue weighted by atomic mass is 16.6. The van der Waals surface area contributed by atoms with E-state index < -0.39 is 11.6 Å². The molecule has 1 aromatic heterocycles. The number of hydrogen-bond donors (Lipinski definition) is 1. The Morgan fingerprint density at radius 3 is 2.26 bits per heavy atom. The Balaban J connectivity index is 3.02. The number of rotatable bonds is 3. The molecular weight excluding hydrogens is 246 g/mol. The Hall–Kier alpha value is -1.78. The minimum Gasteiger partial charge on any atom is -0.469 e. The number of aromatic amines is 1. The highest BCUT2D eigenvalue weighted by molar-refractivity contribution is 5.90. The quantitative estimate of drug-likeness (QED) is 0.853. The van der Waals surface area contributed by atoms with Crippen LogP contribution in [0.1, 0.15) is 48.1 Å². The number of carbonyl (C=O) groups excluding carboxylic acids is 2. The van der Waals surface area contributed by atoms with Gasteiger partial charge in [0.15, 0.2) is 0 Å². The maximum absolute atomic E-state index is 12.0. The van der Waals surface area contributed by atoms with Crippen LogP contribution in [0, 0.1) is 13.8 Å². The van der Waals surface area contributed by atoms with E-state index in [9.17, 15) is 9.59 Å². The molecule has 1 N–H and O–H groups in total. The van der Waals surface area contributed by atoms with Gasteiger partial charge >= 0.3 is 11.9 Å². The molecule has 0 spiro atoms. The van der Waals surface area contributed by atoms with E-state index in [1.54, 1.807) is 6.92 Å². The van der Waals surface area contributed by atoms with Crippen molar-refractivity contribution in [2.45, 2.75) is 46.6 Å². The summed E-state index contributed by atoms with van der Waals surface area (Å²) in [4.78, 5) is 26.4.